The molecular weight excluding hydrogens is 384 g/mol. The van der Waals surface area contributed by atoms with Gasteiger partial charge in [-0.1, -0.05) is 19.9 Å². The lowest BCUT2D eigenvalue weighted by atomic mass is 9.66. The van der Waals surface area contributed by atoms with Gasteiger partial charge in [0.1, 0.15) is 11.6 Å². The highest BCUT2D eigenvalue weighted by Crippen LogP contribution is 2.69. The van der Waals surface area contributed by atoms with Crippen LogP contribution in [0.15, 0.2) is 36.5 Å². The number of nitriles is 1. The summed E-state index contributed by atoms with van der Waals surface area (Å²) in [5, 5.41) is 22.4. The van der Waals surface area contributed by atoms with Crippen LogP contribution in [-0.4, -0.2) is 20.0 Å². The first-order chi connectivity index (χ1) is 14.4. The summed E-state index contributed by atoms with van der Waals surface area (Å²) in [5.74, 6) is -1.07. The fraction of sp³-hybridized carbons (Fsp3) is 0.391. The number of aromatic nitrogens is 4. The maximum atomic E-state index is 14.3. The Kier molecular flexibility index (Phi) is 4.04. The topological polar surface area (TPSA) is 67.4 Å². The average Bonchev–Trinajstić information content (AvgIpc) is 3.34. The van der Waals surface area contributed by atoms with E-state index >= 15 is 0 Å². The first-order valence-corrected chi connectivity index (χ1v) is 10.1. The second-order valence-electron chi connectivity index (χ2n) is 8.72. The van der Waals surface area contributed by atoms with Crippen LogP contribution in [0.3, 0.4) is 0 Å². The summed E-state index contributed by atoms with van der Waals surface area (Å²) in [6.45, 7) is 4.97. The molecule has 152 valence electrons. The maximum absolute atomic E-state index is 14.3. The molecule has 0 radical (unpaired) electrons. The zero-order valence-corrected chi connectivity index (χ0v) is 16.9. The minimum Gasteiger partial charge on any atom is -0.271 e. The van der Waals surface area contributed by atoms with Crippen LogP contribution >= 0.6 is 0 Å². The predicted molar refractivity (Wildman–Crippen MR) is 106 cm³/mol. The van der Waals surface area contributed by atoms with E-state index in [0.717, 1.165) is 29.8 Å². The summed E-state index contributed by atoms with van der Waals surface area (Å²) in [4.78, 5) is 0. The largest absolute Gasteiger partial charge is 0.271 e. The molecule has 7 heteroatoms. The molecule has 2 aliphatic rings. The third-order valence-corrected chi connectivity index (χ3v) is 7.13. The molecule has 3 aromatic rings. The quantitative estimate of drug-likeness (QED) is 0.629. The van der Waals surface area contributed by atoms with Crippen molar-refractivity contribution in [3.05, 3.63) is 65.1 Å². The van der Waals surface area contributed by atoms with E-state index in [2.05, 4.69) is 30.1 Å². The fourth-order valence-corrected chi connectivity index (χ4v) is 5.64. The van der Waals surface area contributed by atoms with Gasteiger partial charge < -0.3 is 0 Å². The summed E-state index contributed by atoms with van der Waals surface area (Å²) in [6.07, 6.45) is 4.15. The molecule has 2 heterocycles. The number of hydrogen-bond donors (Lipinski definition) is 0. The van der Waals surface area contributed by atoms with Crippen molar-refractivity contribution in [3.8, 4) is 17.3 Å². The maximum Gasteiger partial charge on any atom is 0.135 e. The summed E-state index contributed by atoms with van der Waals surface area (Å²) in [6, 6.07) is 9.77. The molecule has 0 amide bonds. The Labute approximate surface area is 173 Å². The Morgan fingerprint density at radius 3 is 2.70 bits per heavy atom. The monoisotopic (exact) mass is 405 g/mol. The Hall–Kier alpha value is -3.14. The van der Waals surface area contributed by atoms with Crippen molar-refractivity contribution < 1.29 is 8.78 Å². The van der Waals surface area contributed by atoms with Gasteiger partial charge in [-0.25, -0.2) is 8.78 Å². The molecule has 1 fully saturated rings. The summed E-state index contributed by atoms with van der Waals surface area (Å²) in [7, 11) is 0. The van der Waals surface area contributed by atoms with Gasteiger partial charge in [0.05, 0.1) is 47.1 Å². The fourth-order valence-electron chi connectivity index (χ4n) is 5.64. The van der Waals surface area contributed by atoms with Gasteiger partial charge in [-0.2, -0.15) is 15.5 Å². The highest BCUT2D eigenvalue weighted by molar-refractivity contribution is 5.64. The Bertz CT molecular complexity index is 1170. The number of benzene rings is 1. The van der Waals surface area contributed by atoms with Crippen LogP contribution in [0.1, 0.15) is 56.0 Å². The number of halogens is 2. The van der Waals surface area contributed by atoms with Crippen molar-refractivity contribution in [2.45, 2.75) is 51.0 Å². The van der Waals surface area contributed by atoms with Crippen LogP contribution in [0.25, 0.3) is 11.3 Å². The van der Waals surface area contributed by atoms with Gasteiger partial charge in [-0.15, -0.1) is 5.10 Å². The van der Waals surface area contributed by atoms with Crippen LogP contribution in [0.2, 0.25) is 0 Å². The van der Waals surface area contributed by atoms with Crippen LogP contribution in [0.5, 0.6) is 0 Å². The van der Waals surface area contributed by atoms with Crippen molar-refractivity contribution in [2.75, 3.05) is 0 Å². The van der Waals surface area contributed by atoms with Crippen LogP contribution in [0.4, 0.5) is 8.78 Å². The van der Waals surface area contributed by atoms with Gasteiger partial charge in [0.2, 0.25) is 0 Å². The van der Waals surface area contributed by atoms with Crippen molar-refractivity contribution in [3.63, 3.8) is 0 Å². The first kappa shape index (κ1) is 18.9. The van der Waals surface area contributed by atoms with Gasteiger partial charge in [0, 0.05) is 6.20 Å². The predicted octanol–water partition coefficient (Wildman–Crippen LogP) is 4.74. The van der Waals surface area contributed by atoms with Crippen LogP contribution < -0.4 is 0 Å². The van der Waals surface area contributed by atoms with E-state index in [1.807, 2.05) is 18.3 Å². The zero-order chi connectivity index (χ0) is 21.1. The molecule has 0 N–H and O–H groups in total. The van der Waals surface area contributed by atoms with E-state index in [1.165, 1.54) is 18.2 Å². The van der Waals surface area contributed by atoms with Crippen molar-refractivity contribution in [1.82, 2.24) is 20.0 Å². The number of nitrogens with zero attached hydrogens (tertiary/aromatic N) is 5. The van der Waals surface area contributed by atoms with Crippen LogP contribution in [0, 0.1) is 28.4 Å². The molecule has 1 aromatic carbocycles. The smallest absolute Gasteiger partial charge is 0.135 e. The molecule has 0 spiro atoms. The van der Waals surface area contributed by atoms with E-state index in [-0.39, 0.29) is 22.6 Å². The van der Waals surface area contributed by atoms with E-state index < -0.39 is 17.0 Å². The van der Waals surface area contributed by atoms with Gasteiger partial charge >= 0.3 is 0 Å². The number of aryl methyl sites for hydroxylation is 1. The highest BCUT2D eigenvalue weighted by Gasteiger charge is 2.65. The van der Waals surface area contributed by atoms with Crippen LogP contribution in [-0.2, 0) is 12.0 Å². The molecule has 0 aliphatic heterocycles. The van der Waals surface area contributed by atoms with Crippen molar-refractivity contribution in [1.29, 1.82) is 5.26 Å². The second kappa shape index (κ2) is 6.43. The number of rotatable bonds is 4. The van der Waals surface area contributed by atoms with E-state index in [1.54, 1.807) is 4.68 Å². The third-order valence-electron chi connectivity index (χ3n) is 7.13. The van der Waals surface area contributed by atoms with E-state index in [4.69, 9.17) is 10.4 Å². The molecule has 2 atom stereocenters. The molecule has 1 saturated carbocycles. The molecule has 2 aromatic heterocycles. The number of hydrogen-bond acceptors (Lipinski definition) is 4. The lowest BCUT2D eigenvalue weighted by Crippen LogP contribution is -2.37. The standard InChI is InChI=1S/C23H21F2N5/c1-22(2)15-7-9-23(22,19-8-12-30(29-19)11-4-10-26)21-14(15)13-18(27-28-21)20-16(24)5-3-6-17(20)25/h3,5-6,8,12-13,15H,4,7,9,11H2,1-2H3/t15-,23-/m0/s1. The highest BCUT2D eigenvalue weighted by atomic mass is 19.1. The normalized spacial score (nSPS) is 23.4. The third kappa shape index (κ3) is 2.33. The second-order valence-corrected chi connectivity index (χ2v) is 8.72. The Morgan fingerprint density at radius 1 is 1.20 bits per heavy atom. The van der Waals surface area contributed by atoms with Gasteiger partial charge in [-0.3, -0.25) is 4.68 Å². The zero-order valence-electron chi connectivity index (χ0n) is 16.9. The summed E-state index contributed by atoms with van der Waals surface area (Å²) < 4.78 is 30.5. The van der Waals surface area contributed by atoms with Gasteiger partial charge in [-0.05, 0) is 54.0 Å². The molecular formula is C23H21F2N5. The molecule has 5 rings (SSSR count). The molecule has 2 bridgehead atoms. The molecule has 0 saturated heterocycles. The molecule has 0 unspecified atom stereocenters. The van der Waals surface area contributed by atoms with E-state index in [0.29, 0.717) is 13.0 Å². The molecule has 5 nitrogen and oxygen atoms in total. The minimum absolute atomic E-state index is 0.136. The molecule has 30 heavy (non-hydrogen) atoms. The summed E-state index contributed by atoms with van der Waals surface area (Å²) >= 11 is 0. The lowest BCUT2D eigenvalue weighted by molar-refractivity contribution is 0.241. The molecule has 2 aliphatic carbocycles. The summed E-state index contributed by atoms with van der Waals surface area (Å²) in [5.41, 5.74) is 2.31. The van der Waals surface area contributed by atoms with Gasteiger partial charge in [0.25, 0.3) is 0 Å². The Morgan fingerprint density at radius 2 is 1.97 bits per heavy atom. The lowest BCUT2D eigenvalue weighted by Gasteiger charge is -2.36. The van der Waals surface area contributed by atoms with Gasteiger partial charge in [0.15, 0.2) is 0 Å². The number of fused-ring (bicyclic) bond motifs is 5. The minimum atomic E-state index is -0.641. The first-order valence-electron chi connectivity index (χ1n) is 10.1. The average molecular weight is 405 g/mol. The van der Waals surface area contributed by atoms with Crippen molar-refractivity contribution >= 4 is 0 Å². The SMILES string of the molecule is CC1(C)[C@H]2CC[C@]1(c1ccn(CCC#N)n1)c1nnc(-c3c(F)cccc3F)cc12. The Balaban J connectivity index is 1.65. The van der Waals surface area contributed by atoms with Crippen molar-refractivity contribution in [2.24, 2.45) is 5.41 Å². The van der Waals surface area contributed by atoms with E-state index in [9.17, 15) is 8.78 Å².